The first-order chi connectivity index (χ1) is 13.3. The lowest BCUT2D eigenvalue weighted by Gasteiger charge is -2.16. The molecule has 1 aliphatic carbocycles. The number of nitrogens with one attached hydrogen (secondary N) is 2. The van der Waals surface area contributed by atoms with Crippen LogP contribution in [0.4, 0.5) is 5.69 Å². The first-order valence-corrected chi connectivity index (χ1v) is 11.0. The van der Waals surface area contributed by atoms with Crippen molar-refractivity contribution in [2.45, 2.75) is 36.6 Å². The van der Waals surface area contributed by atoms with Crippen LogP contribution in [0, 0.1) is 0 Å². The number of amides is 1. The maximum Gasteiger partial charge on any atom is 0.255 e. The first kappa shape index (κ1) is 20.9. The molecule has 0 saturated heterocycles. The molecule has 0 bridgehead atoms. The van der Waals surface area contributed by atoms with Gasteiger partial charge in [0, 0.05) is 16.6 Å². The Morgan fingerprint density at radius 2 is 1.82 bits per heavy atom. The minimum absolute atomic E-state index is 0.0725. The molecule has 0 atom stereocenters. The Bertz CT molecular complexity index is 989. The normalized spacial score (nSPS) is 14.8. The van der Waals surface area contributed by atoms with E-state index in [4.69, 9.17) is 27.9 Å². The molecule has 0 aromatic heterocycles. The summed E-state index contributed by atoms with van der Waals surface area (Å²) < 4.78 is 33.6. The number of hydrogen-bond donors (Lipinski definition) is 2. The number of sulfonamides is 1. The van der Waals surface area contributed by atoms with E-state index < -0.39 is 15.9 Å². The zero-order valence-electron chi connectivity index (χ0n) is 15.2. The fourth-order valence-corrected chi connectivity index (χ4v) is 5.10. The van der Waals surface area contributed by atoms with Crippen molar-refractivity contribution in [1.29, 1.82) is 0 Å². The van der Waals surface area contributed by atoms with Crippen molar-refractivity contribution in [3.05, 3.63) is 52.0 Å². The average Bonchev–Trinajstić information content (AvgIpc) is 3.15. The van der Waals surface area contributed by atoms with Crippen molar-refractivity contribution in [1.82, 2.24) is 4.72 Å². The van der Waals surface area contributed by atoms with Gasteiger partial charge in [-0.3, -0.25) is 4.79 Å². The molecular formula is C19H20Cl2N2O4S. The van der Waals surface area contributed by atoms with Gasteiger partial charge in [0.25, 0.3) is 5.91 Å². The highest BCUT2D eigenvalue weighted by Crippen LogP contribution is 2.29. The van der Waals surface area contributed by atoms with E-state index in [0.29, 0.717) is 10.7 Å². The summed E-state index contributed by atoms with van der Waals surface area (Å²) in [6.07, 6.45) is 3.59. The molecule has 0 heterocycles. The minimum atomic E-state index is -3.83. The van der Waals surface area contributed by atoms with Crippen LogP contribution in [0.3, 0.4) is 0 Å². The van der Waals surface area contributed by atoms with Gasteiger partial charge in [-0.25, -0.2) is 13.1 Å². The van der Waals surface area contributed by atoms with E-state index in [1.165, 1.54) is 31.4 Å². The number of methoxy groups -OCH3 is 1. The Labute approximate surface area is 174 Å². The molecule has 150 valence electrons. The Morgan fingerprint density at radius 1 is 1.11 bits per heavy atom. The number of rotatable bonds is 6. The third-order valence-electron chi connectivity index (χ3n) is 4.57. The molecule has 0 unspecified atom stereocenters. The van der Waals surface area contributed by atoms with Crippen molar-refractivity contribution >= 4 is 44.8 Å². The predicted octanol–water partition coefficient (Wildman–Crippen LogP) is 4.48. The summed E-state index contributed by atoms with van der Waals surface area (Å²) in [6.45, 7) is 0. The number of hydrogen-bond acceptors (Lipinski definition) is 4. The van der Waals surface area contributed by atoms with Crippen LogP contribution < -0.4 is 14.8 Å². The van der Waals surface area contributed by atoms with Crippen LogP contribution in [0.15, 0.2) is 41.3 Å². The topological polar surface area (TPSA) is 84.5 Å². The van der Waals surface area contributed by atoms with Gasteiger partial charge in [0.2, 0.25) is 10.0 Å². The molecule has 0 aliphatic heterocycles. The summed E-state index contributed by atoms with van der Waals surface area (Å²) in [7, 11) is -2.44. The first-order valence-electron chi connectivity index (χ1n) is 8.77. The van der Waals surface area contributed by atoms with Gasteiger partial charge in [-0.2, -0.15) is 0 Å². The van der Waals surface area contributed by atoms with E-state index >= 15 is 0 Å². The van der Waals surface area contributed by atoms with Crippen molar-refractivity contribution in [3.63, 3.8) is 0 Å². The molecule has 28 heavy (non-hydrogen) atoms. The Morgan fingerprint density at radius 3 is 2.46 bits per heavy atom. The van der Waals surface area contributed by atoms with E-state index in [0.717, 1.165) is 25.7 Å². The summed E-state index contributed by atoms with van der Waals surface area (Å²) in [5.74, 6) is -0.323. The van der Waals surface area contributed by atoms with E-state index in [9.17, 15) is 13.2 Å². The zero-order chi connectivity index (χ0) is 20.3. The van der Waals surface area contributed by atoms with Crippen LogP contribution in [0.1, 0.15) is 36.0 Å². The molecule has 1 saturated carbocycles. The Kier molecular flexibility index (Phi) is 6.50. The molecule has 2 aromatic rings. The molecule has 9 heteroatoms. The molecule has 2 N–H and O–H groups in total. The monoisotopic (exact) mass is 442 g/mol. The molecule has 2 aromatic carbocycles. The van der Waals surface area contributed by atoms with Crippen LogP contribution in [-0.2, 0) is 10.0 Å². The molecule has 1 amide bonds. The highest BCUT2D eigenvalue weighted by Gasteiger charge is 2.26. The van der Waals surface area contributed by atoms with Crippen LogP contribution in [-0.4, -0.2) is 27.5 Å². The molecule has 1 fully saturated rings. The van der Waals surface area contributed by atoms with Gasteiger partial charge in [0.05, 0.1) is 17.8 Å². The van der Waals surface area contributed by atoms with Crippen molar-refractivity contribution in [3.8, 4) is 5.75 Å². The number of ether oxygens (including phenoxy) is 1. The molecule has 1 aliphatic rings. The lowest BCUT2D eigenvalue weighted by atomic mass is 10.2. The van der Waals surface area contributed by atoms with Crippen molar-refractivity contribution in [2.75, 3.05) is 12.4 Å². The van der Waals surface area contributed by atoms with Gasteiger partial charge in [-0.15, -0.1) is 0 Å². The molecule has 3 rings (SSSR count). The number of carbonyl (C=O) groups excluding carboxylic acids is 1. The van der Waals surface area contributed by atoms with Gasteiger partial charge >= 0.3 is 0 Å². The maximum atomic E-state index is 12.8. The second-order valence-corrected chi connectivity index (χ2v) is 9.07. The molecule has 0 radical (unpaired) electrons. The fourth-order valence-electron chi connectivity index (χ4n) is 3.14. The average molecular weight is 443 g/mol. The fraction of sp³-hybridized carbons (Fsp3) is 0.316. The highest BCUT2D eigenvalue weighted by molar-refractivity contribution is 7.89. The second-order valence-electron chi connectivity index (χ2n) is 6.55. The molecular weight excluding hydrogens is 423 g/mol. The third kappa shape index (κ3) is 4.78. The van der Waals surface area contributed by atoms with E-state index in [1.54, 1.807) is 12.1 Å². The summed E-state index contributed by atoms with van der Waals surface area (Å²) in [5, 5.41) is 3.38. The summed E-state index contributed by atoms with van der Waals surface area (Å²) >= 11 is 11.9. The van der Waals surface area contributed by atoms with Crippen LogP contribution in [0.2, 0.25) is 10.0 Å². The standard InChI is InChI=1S/C19H20Cl2N2O4S/c1-27-17-9-6-12(19(24)22-16-8-7-13(20)11-15(16)21)10-18(17)28(25,26)23-14-4-2-3-5-14/h6-11,14,23H,2-5H2,1H3,(H,22,24). The van der Waals surface area contributed by atoms with Crippen LogP contribution in [0.5, 0.6) is 5.75 Å². The van der Waals surface area contributed by atoms with E-state index in [1.807, 2.05) is 0 Å². The summed E-state index contributed by atoms with van der Waals surface area (Å²) in [6, 6.07) is 8.83. The van der Waals surface area contributed by atoms with E-state index in [2.05, 4.69) is 10.0 Å². The number of benzene rings is 2. The van der Waals surface area contributed by atoms with Gasteiger partial charge < -0.3 is 10.1 Å². The Hall–Kier alpha value is -1.80. The summed E-state index contributed by atoms with van der Waals surface area (Å²) in [5.41, 5.74) is 0.541. The van der Waals surface area contributed by atoms with Crippen molar-refractivity contribution < 1.29 is 17.9 Å². The number of halogens is 2. The summed E-state index contributed by atoms with van der Waals surface area (Å²) in [4.78, 5) is 12.5. The number of carbonyl (C=O) groups is 1. The minimum Gasteiger partial charge on any atom is -0.495 e. The maximum absolute atomic E-state index is 12.8. The quantitative estimate of drug-likeness (QED) is 0.690. The smallest absolute Gasteiger partial charge is 0.255 e. The van der Waals surface area contributed by atoms with E-state index in [-0.39, 0.29) is 27.3 Å². The molecule has 6 nitrogen and oxygen atoms in total. The molecule has 0 spiro atoms. The second kappa shape index (κ2) is 8.69. The van der Waals surface area contributed by atoms with Crippen LogP contribution >= 0.6 is 23.2 Å². The third-order valence-corrected chi connectivity index (χ3v) is 6.66. The highest BCUT2D eigenvalue weighted by atomic mass is 35.5. The lowest BCUT2D eigenvalue weighted by molar-refractivity contribution is 0.102. The predicted molar refractivity (Wildman–Crippen MR) is 110 cm³/mol. The lowest BCUT2D eigenvalue weighted by Crippen LogP contribution is -2.33. The van der Waals surface area contributed by atoms with Gasteiger partial charge in [0.15, 0.2) is 0 Å². The SMILES string of the molecule is COc1ccc(C(=O)Nc2ccc(Cl)cc2Cl)cc1S(=O)(=O)NC1CCCC1. The number of anilines is 1. The Balaban J connectivity index is 1.88. The van der Waals surface area contributed by atoms with Gasteiger partial charge in [-0.05, 0) is 49.2 Å². The zero-order valence-corrected chi connectivity index (χ0v) is 17.5. The largest absolute Gasteiger partial charge is 0.495 e. The van der Waals surface area contributed by atoms with Crippen LogP contribution in [0.25, 0.3) is 0 Å². The van der Waals surface area contributed by atoms with Gasteiger partial charge in [-0.1, -0.05) is 36.0 Å². The van der Waals surface area contributed by atoms with Gasteiger partial charge in [0.1, 0.15) is 10.6 Å². The van der Waals surface area contributed by atoms with Crippen molar-refractivity contribution in [2.24, 2.45) is 0 Å².